The van der Waals surface area contributed by atoms with E-state index in [4.69, 9.17) is 39.9 Å². The van der Waals surface area contributed by atoms with Crippen LogP contribution in [0.3, 0.4) is 0 Å². The first-order chi connectivity index (χ1) is 13.8. The van der Waals surface area contributed by atoms with Gasteiger partial charge in [-0.1, -0.05) is 46.9 Å². The molecule has 0 fully saturated rings. The summed E-state index contributed by atoms with van der Waals surface area (Å²) < 4.78 is 0. The Morgan fingerprint density at radius 1 is 1.07 bits per heavy atom. The number of rotatable bonds is 5. The van der Waals surface area contributed by atoms with Crippen molar-refractivity contribution in [2.45, 2.75) is 12.8 Å². The van der Waals surface area contributed by atoms with Crippen molar-refractivity contribution in [3.63, 3.8) is 0 Å². The van der Waals surface area contributed by atoms with E-state index in [1.807, 2.05) is 12.2 Å². The Labute approximate surface area is 183 Å². The molecule has 150 valence electrons. The quantitative estimate of drug-likeness (QED) is 0.577. The Morgan fingerprint density at radius 3 is 2.38 bits per heavy atom. The summed E-state index contributed by atoms with van der Waals surface area (Å²) in [6, 6.07) is 9.50. The third-order valence-corrected chi connectivity index (χ3v) is 5.45. The largest absolute Gasteiger partial charge is 0.478 e. The minimum Gasteiger partial charge on any atom is -0.478 e. The number of carboxylic acid groups (broad SMARTS) is 1. The first kappa shape index (κ1) is 21.2. The maximum absolute atomic E-state index is 13.0. The third-order valence-electron chi connectivity index (χ3n) is 4.51. The van der Waals surface area contributed by atoms with E-state index in [0.29, 0.717) is 17.8 Å². The average Bonchev–Trinajstić information content (AvgIpc) is 2.67. The minimum absolute atomic E-state index is 0.0197. The molecule has 2 N–H and O–H groups in total. The van der Waals surface area contributed by atoms with Gasteiger partial charge in [0.25, 0.3) is 5.91 Å². The Morgan fingerprint density at radius 2 is 1.76 bits per heavy atom. The number of halogens is 3. The van der Waals surface area contributed by atoms with Gasteiger partial charge >= 0.3 is 5.97 Å². The van der Waals surface area contributed by atoms with E-state index in [1.165, 1.54) is 17.0 Å². The molecule has 0 aromatic heterocycles. The normalized spacial score (nSPS) is 13.4. The summed E-state index contributed by atoms with van der Waals surface area (Å²) in [5.41, 5.74) is 2.33. The van der Waals surface area contributed by atoms with Crippen LogP contribution in [0.15, 0.2) is 59.9 Å². The monoisotopic (exact) mass is 450 g/mol. The predicted molar refractivity (Wildman–Crippen MR) is 116 cm³/mol. The van der Waals surface area contributed by atoms with Gasteiger partial charge < -0.3 is 15.3 Å². The number of hydrogen-bond acceptors (Lipinski definition) is 3. The molecule has 0 saturated carbocycles. The molecule has 0 radical (unpaired) electrons. The van der Waals surface area contributed by atoms with Gasteiger partial charge in [0.15, 0.2) is 0 Å². The van der Waals surface area contributed by atoms with E-state index in [9.17, 15) is 9.59 Å². The van der Waals surface area contributed by atoms with E-state index >= 15 is 0 Å². The molecule has 5 nitrogen and oxygen atoms in total. The topological polar surface area (TPSA) is 69.6 Å². The highest BCUT2D eigenvalue weighted by Gasteiger charge is 2.24. The van der Waals surface area contributed by atoms with Crippen molar-refractivity contribution in [1.29, 1.82) is 0 Å². The van der Waals surface area contributed by atoms with E-state index < -0.39 is 5.97 Å². The average molecular weight is 452 g/mol. The fourth-order valence-corrected chi connectivity index (χ4v) is 3.85. The molecule has 1 amide bonds. The SMILES string of the molecule is CN(C(=O)c1c(Cl)cccc1Cl)C1=C(Nc2ccc(C(=O)O)c(Cl)c2)C=CCC1. The number of benzene rings is 2. The molecule has 0 heterocycles. The molecule has 1 aliphatic rings. The molecular formula is C21H17Cl3N2O3. The van der Waals surface area contributed by atoms with Crippen LogP contribution in [0.5, 0.6) is 0 Å². The summed E-state index contributed by atoms with van der Waals surface area (Å²) in [6.07, 6.45) is 5.26. The summed E-state index contributed by atoms with van der Waals surface area (Å²) in [4.78, 5) is 25.7. The zero-order valence-corrected chi connectivity index (χ0v) is 17.6. The highest BCUT2D eigenvalue weighted by molar-refractivity contribution is 6.39. The number of nitrogens with one attached hydrogen (secondary N) is 1. The van der Waals surface area contributed by atoms with Gasteiger partial charge in [-0.2, -0.15) is 0 Å². The lowest BCUT2D eigenvalue weighted by atomic mass is 10.1. The maximum atomic E-state index is 13.0. The number of amides is 1. The van der Waals surface area contributed by atoms with Gasteiger partial charge in [-0.3, -0.25) is 4.79 Å². The third kappa shape index (κ3) is 4.58. The molecule has 0 aliphatic heterocycles. The Balaban J connectivity index is 1.93. The highest BCUT2D eigenvalue weighted by atomic mass is 35.5. The first-order valence-electron chi connectivity index (χ1n) is 8.71. The number of anilines is 1. The number of hydrogen-bond donors (Lipinski definition) is 2. The second-order valence-corrected chi connectivity index (χ2v) is 7.61. The summed E-state index contributed by atoms with van der Waals surface area (Å²) in [5, 5.41) is 13.0. The molecule has 2 aromatic rings. The van der Waals surface area contributed by atoms with Crippen molar-refractivity contribution >= 4 is 52.4 Å². The lowest BCUT2D eigenvalue weighted by molar-refractivity contribution is 0.0696. The van der Waals surface area contributed by atoms with Gasteiger partial charge in [-0.25, -0.2) is 4.79 Å². The zero-order valence-electron chi connectivity index (χ0n) is 15.4. The molecule has 0 bridgehead atoms. The van der Waals surface area contributed by atoms with Gasteiger partial charge in [-0.05, 0) is 49.2 Å². The van der Waals surface area contributed by atoms with E-state index in [1.54, 1.807) is 31.3 Å². The number of carboxylic acids is 1. The molecule has 0 spiro atoms. The molecule has 3 rings (SSSR count). The summed E-state index contributed by atoms with van der Waals surface area (Å²) >= 11 is 18.4. The fraction of sp³-hybridized carbons (Fsp3) is 0.143. The number of carbonyl (C=O) groups excluding carboxylic acids is 1. The van der Waals surface area contributed by atoms with Crippen LogP contribution >= 0.6 is 34.8 Å². The van der Waals surface area contributed by atoms with Gasteiger partial charge in [0, 0.05) is 18.4 Å². The molecule has 1 aliphatic carbocycles. The molecule has 0 atom stereocenters. The van der Waals surface area contributed by atoms with Crippen LogP contribution in [-0.4, -0.2) is 28.9 Å². The lowest BCUT2D eigenvalue weighted by Gasteiger charge is -2.26. The van der Waals surface area contributed by atoms with Gasteiger partial charge in [0.1, 0.15) is 0 Å². The number of aromatic carboxylic acids is 1. The van der Waals surface area contributed by atoms with Crippen molar-refractivity contribution in [1.82, 2.24) is 4.90 Å². The molecule has 29 heavy (non-hydrogen) atoms. The lowest BCUT2D eigenvalue weighted by Crippen LogP contribution is -2.29. The number of allylic oxidation sites excluding steroid dienone is 3. The minimum atomic E-state index is -1.10. The Hall–Kier alpha value is -2.47. The van der Waals surface area contributed by atoms with Crippen molar-refractivity contribution in [3.8, 4) is 0 Å². The Bertz CT molecular complexity index is 1030. The maximum Gasteiger partial charge on any atom is 0.337 e. The van der Waals surface area contributed by atoms with Crippen LogP contribution in [0.25, 0.3) is 0 Å². The van der Waals surface area contributed by atoms with Gasteiger partial charge in [-0.15, -0.1) is 0 Å². The molecule has 0 saturated heterocycles. The summed E-state index contributed by atoms with van der Waals surface area (Å²) in [6.45, 7) is 0. The molecule has 8 heteroatoms. The standard InChI is InChI=1S/C21H17Cl3N2O3/c1-26(20(27)19-14(22)5-4-6-15(19)23)18-8-3-2-7-17(18)25-12-9-10-13(21(28)29)16(24)11-12/h2,4-7,9-11,25H,3,8H2,1H3,(H,28,29). The van der Waals surface area contributed by atoms with Crippen LogP contribution in [0.1, 0.15) is 33.6 Å². The van der Waals surface area contributed by atoms with Crippen molar-refractivity contribution in [3.05, 3.63) is 86.1 Å². The number of carbonyl (C=O) groups is 2. The molecule has 2 aromatic carbocycles. The number of nitrogens with zero attached hydrogens (tertiary/aromatic N) is 1. The molecule has 0 unspecified atom stereocenters. The van der Waals surface area contributed by atoms with E-state index in [-0.39, 0.29) is 32.1 Å². The summed E-state index contributed by atoms with van der Waals surface area (Å²) in [5.74, 6) is -1.41. The van der Waals surface area contributed by atoms with Crippen LogP contribution < -0.4 is 5.32 Å². The first-order valence-corrected chi connectivity index (χ1v) is 9.84. The van der Waals surface area contributed by atoms with Crippen LogP contribution in [0.4, 0.5) is 5.69 Å². The summed E-state index contributed by atoms with van der Waals surface area (Å²) in [7, 11) is 1.67. The van der Waals surface area contributed by atoms with Crippen LogP contribution in [0, 0.1) is 0 Å². The van der Waals surface area contributed by atoms with Crippen LogP contribution in [0.2, 0.25) is 15.1 Å². The fourth-order valence-electron chi connectivity index (χ4n) is 3.03. The second kappa shape index (κ2) is 8.91. The second-order valence-electron chi connectivity index (χ2n) is 6.39. The Kier molecular flexibility index (Phi) is 6.52. The van der Waals surface area contributed by atoms with Gasteiger partial charge in [0.2, 0.25) is 0 Å². The smallest absolute Gasteiger partial charge is 0.337 e. The van der Waals surface area contributed by atoms with E-state index in [0.717, 1.165) is 12.1 Å². The molecular weight excluding hydrogens is 435 g/mol. The van der Waals surface area contributed by atoms with E-state index in [2.05, 4.69) is 5.32 Å². The zero-order chi connectivity index (χ0) is 21.1. The van der Waals surface area contributed by atoms with Crippen molar-refractivity contribution in [2.24, 2.45) is 0 Å². The van der Waals surface area contributed by atoms with Crippen molar-refractivity contribution < 1.29 is 14.7 Å². The van der Waals surface area contributed by atoms with Crippen LogP contribution in [-0.2, 0) is 0 Å². The predicted octanol–water partition coefficient (Wildman–Crippen LogP) is 6.09. The van der Waals surface area contributed by atoms with Gasteiger partial charge in [0.05, 0.1) is 31.9 Å². The highest BCUT2D eigenvalue weighted by Crippen LogP contribution is 2.30. The van der Waals surface area contributed by atoms with Crippen molar-refractivity contribution in [2.75, 3.05) is 12.4 Å².